The van der Waals surface area contributed by atoms with Crippen LogP contribution in [-0.4, -0.2) is 131 Å². The van der Waals surface area contributed by atoms with Crippen molar-refractivity contribution >= 4 is 49.6 Å². The zero-order valence-electron chi connectivity index (χ0n) is 29.1. The molecule has 56 heavy (non-hydrogen) atoms. The number of nitrogens with one attached hydrogen (secondary N) is 2. The average molecular weight is 831 g/mol. The molecule has 0 spiro atoms. The molecule has 7 N–H and O–H groups in total. The van der Waals surface area contributed by atoms with Gasteiger partial charge in [-0.1, -0.05) is 0 Å². The van der Waals surface area contributed by atoms with Crippen LogP contribution in [-0.2, 0) is 59.2 Å². The number of aromatic nitrogens is 7. The molecule has 27 heteroatoms. The first kappa shape index (κ1) is 39.0. The molecule has 0 aliphatic carbocycles. The van der Waals surface area contributed by atoms with Gasteiger partial charge in [0.05, 0.1) is 44.6 Å². The molecule has 4 aromatic rings. The number of nitrogens with two attached hydrogens (primary N) is 1. The third-order valence-corrected chi connectivity index (χ3v) is 11.6. The van der Waals surface area contributed by atoms with E-state index >= 15 is 4.39 Å². The van der Waals surface area contributed by atoms with Crippen LogP contribution in [0.25, 0.3) is 22.2 Å². The monoisotopic (exact) mass is 830 g/mol. The number of carbonyl (C=O) groups excluding carboxylic acids is 1. The van der Waals surface area contributed by atoms with E-state index in [1.54, 1.807) is 6.20 Å². The van der Waals surface area contributed by atoms with Crippen LogP contribution in [0.3, 0.4) is 0 Å². The summed E-state index contributed by atoms with van der Waals surface area (Å²) >= 11 is 0. The van der Waals surface area contributed by atoms with Crippen LogP contribution in [0.15, 0.2) is 30.0 Å². The molecule has 24 nitrogen and oxygen atoms in total. The third-order valence-electron chi connectivity index (χ3n) is 9.63. The molecule has 3 saturated heterocycles. The second-order valence-corrected chi connectivity index (χ2v) is 16.0. The van der Waals surface area contributed by atoms with Crippen LogP contribution < -0.4 is 21.9 Å². The number of phosphoric acid groups is 2. The van der Waals surface area contributed by atoms with E-state index in [0.717, 1.165) is 22.9 Å². The molecule has 4 aliphatic heterocycles. The second kappa shape index (κ2) is 15.5. The molecule has 2 unspecified atom stereocenters. The summed E-state index contributed by atoms with van der Waals surface area (Å²) in [7, 11) is -10.4. The fourth-order valence-corrected chi connectivity index (χ4v) is 8.86. The summed E-state index contributed by atoms with van der Waals surface area (Å²) in [6, 6.07) is 0. The van der Waals surface area contributed by atoms with E-state index < -0.39 is 89.5 Å². The molecule has 1 amide bonds. The van der Waals surface area contributed by atoms with Gasteiger partial charge >= 0.3 is 15.6 Å². The molecule has 304 valence electrons. The molecule has 0 radical (unpaired) electrons. The Kier molecular flexibility index (Phi) is 10.8. The summed E-state index contributed by atoms with van der Waals surface area (Å²) in [5, 5.41) is 17.5. The van der Waals surface area contributed by atoms with Crippen molar-refractivity contribution in [3.8, 4) is 0 Å². The number of anilines is 1. The van der Waals surface area contributed by atoms with Gasteiger partial charge in [-0.15, -0.1) is 0 Å². The topological polar surface area (TPSA) is 310 Å². The van der Waals surface area contributed by atoms with Gasteiger partial charge < -0.3 is 50.0 Å². The number of nitrogens with zero attached hydrogens (tertiary/aromatic N) is 7. The van der Waals surface area contributed by atoms with Gasteiger partial charge in [0.25, 0.3) is 5.56 Å². The fourth-order valence-electron chi connectivity index (χ4n) is 6.97. The molecule has 0 saturated carbocycles. The highest BCUT2D eigenvalue weighted by molar-refractivity contribution is 7.47. The number of ether oxygens (including phenoxy) is 3. The quantitative estimate of drug-likeness (QED) is 0.0702. The average Bonchev–Trinajstić information content (AvgIpc) is 3.88. The van der Waals surface area contributed by atoms with Gasteiger partial charge in [-0.2, -0.15) is 0 Å². The van der Waals surface area contributed by atoms with Crippen LogP contribution in [0.1, 0.15) is 24.4 Å². The van der Waals surface area contributed by atoms with Gasteiger partial charge in [0.15, 0.2) is 29.8 Å². The molecular weight excluding hydrogens is 793 g/mol. The molecule has 4 aliphatic rings. The van der Waals surface area contributed by atoms with Crippen molar-refractivity contribution in [1.82, 2.24) is 39.0 Å². The smallest absolute Gasteiger partial charge is 0.387 e. The van der Waals surface area contributed by atoms with Crippen molar-refractivity contribution in [2.45, 2.75) is 68.5 Å². The number of carbonyl (C=O) groups is 1. The maximum atomic E-state index is 16.4. The van der Waals surface area contributed by atoms with Gasteiger partial charge in [0.2, 0.25) is 5.91 Å². The van der Waals surface area contributed by atoms with Crippen LogP contribution in [0.2, 0.25) is 0 Å². The largest absolute Gasteiger partial charge is 0.472 e. The van der Waals surface area contributed by atoms with Crippen LogP contribution in [0.4, 0.5) is 10.2 Å². The zero-order chi connectivity index (χ0) is 39.4. The highest BCUT2D eigenvalue weighted by atomic mass is 31.2. The molecular formula is C29H37FN10O14P2. The van der Waals surface area contributed by atoms with Crippen LogP contribution >= 0.6 is 15.6 Å². The van der Waals surface area contributed by atoms with Gasteiger partial charge in [-0.05, 0) is 18.4 Å². The zero-order valence-corrected chi connectivity index (χ0v) is 30.9. The van der Waals surface area contributed by atoms with Gasteiger partial charge in [0, 0.05) is 12.7 Å². The Labute approximate surface area is 314 Å². The standard InChI is InChI=1S/C29H37FN10O14P2/c30-19-22-16(52-28(19)39-7-14-2-1-3-32-24-18(14)25(39)34-10-33-24)9-50-56(46,47)54-23-21(42)15(8-49-55(44,45)53-22)51-29(23)40-12-35-20-26(40)36-11-38(27(20)43)4-5-48-13-37-17(41)6-31/h7,10-12,15-16,19,21-23,28-29,42H,1-6,8-9,13,31H2,(H,37,41)(H,44,45)(H,46,47)(H,32,33,34)/t15-,16-,19-,21-,22-,23-,28-,29-/m1/s1. The Morgan fingerprint density at radius 1 is 1.02 bits per heavy atom. The predicted molar refractivity (Wildman–Crippen MR) is 184 cm³/mol. The minimum Gasteiger partial charge on any atom is -0.387 e. The summed E-state index contributed by atoms with van der Waals surface area (Å²) in [6.45, 7) is -1.39. The molecule has 8 rings (SSSR count). The number of aryl methyl sites for hydroxylation is 1. The lowest BCUT2D eigenvalue weighted by atomic mass is 10.1. The van der Waals surface area contributed by atoms with Crippen molar-refractivity contribution in [2.75, 3.05) is 45.0 Å². The number of rotatable bonds is 8. The Morgan fingerprint density at radius 2 is 1.77 bits per heavy atom. The van der Waals surface area contributed by atoms with E-state index in [-0.39, 0.29) is 37.6 Å². The molecule has 0 aromatic carbocycles. The number of aliphatic hydroxyl groups is 1. The highest BCUT2D eigenvalue weighted by Crippen LogP contribution is 2.54. The SMILES string of the molecule is NCC(=O)NCOCCn1cnc2c(ncn2[C@@H]2O[C@@H]3COP(=O)(O)O[C@H]4[C@@H](F)[C@H](n5cc6c7c(ncnc75)NCCC6)O[C@@H]4COP(=O)(O)O[C@@H]2[C@@H]3O)c1=O. The minimum absolute atomic E-state index is 0.00927. The molecule has 4 aromatic heterocycles. The minimum atomic E-state index is -5.19. The van der Waals surface area contributed by atoms with E-state index in [2.05, 4.69) is 30.6 Å². The van der Waals surface area contributed by atoms with Crippen molar-refractivity contribution in [1.29, 1.82) is 0 Å². The maximum Gasteiger partial charge on any atom is 0.472 e. The molecule has 3 fully saturated rings. The van der Waals surface area contributed by atoms with Gasteiger partial charge in [0.1, 0.15) is 61.4 Å². The summed E-state index contributed by atoms with van der Waals surface area (Å²) < 4.78 is 85.1. The molecule has 2 bridgehead atoms. The van der Waals surface area contributed by atoms with E-state index in [9.17, 15) is 33.6 Å². The van der Waals surface area contributed by atoms with Crippen LogP contribution in [0, 0.1) is 0 Å². The number of phosphoric ester groups is 2. The van der Waals surface area contributed by atoms with Gasteiger partial charge in [-0.3, -0.25) is 36.8 Å². The van der Waals surface area contributed by atoms with Gasteiger partial charge in [-0.25, -0.2) is 33.5 Å². The number of aliphatic hydroxyl groups excluding tert-OH is 1. The summed E-state index contributed by atoms with van der Waals surface area (Å²) in [6.07, 6.45) is -7.06. The normalized spacial score (nSPS) is 33.6. The molecule has 8 heterocycles. The lowest BCUT2D eigenvalue weighted by Crippen LogP contribution is -2.35. The number of halogens is 1. The fraction of sp³-hybridized carbons (Fsp3) is 0.586. The Balaban J connectivity index is 1.03. The number of alkyl halides is 1. The number of hydrogen-bond acceptors (Lipinski definition) is 18. The Bertz CT molecular complexity index is 2280. The molecule has 10 atom stereocenters. The van der Waals surface area contributed by atoms with E-state index in [0.29, 0.717) is 29.8 Å². The summed E-state index contributed by atoms with van der Waals surface area (Å²) in [5.74, 6) is 0.123. The van der Waals surface area contributed by atoms with Crippen molar-refractivity contribution in [3.05, 3.63) is 41.1 Å². The summed E-state index contributed by atoms with van der Waals surface area (Å²) in [4.78, 5) is 63.2. The highest BCUT2D eigenvalue weighted by Gasteiger charge is 2.54. The number of imidazole rings is 1. The van der Waals surface area contributed by atoms with E-state index in [1.165, 1.54) is 21.8 Å². The second-order valence-electron chi connectivity index (χ2n) is 13.2. The van der Waals surface area contributed by atoms with Crippen molar-refractivity contribution in [2.24, 2.45) is 5.73 Å². The van der Waals surface area contributed by atoms with E-state index in [4.69, 9.17) is 38.0 Å². The first-order valence-electron chi connectivity index (χ1n) is 17.3. The Morgan fingerprint density at radius 3 is 2.55 bits per heavy atom. The maximum absolute atomic E-state index is 16.4. The first-order valence-corrected chi connectivity index (χ1v) is 20.3. The Hall–Kier alpha value is -3.81. The lowest BCUT2D eigenvalue weighted by molar-refractivity contribution is -0.121. The van der Waals surface area contributed by atoms with E-state index in [1.807, 2.05) is 0 Å². The van der Waals surface area contributed by atoms with Crippen LogP contribution in [0.5, 0.6) is 0 Å². The lowest BCUT2D eigenvalue weighted by Gasteiger charge is -2.25. The van der Waals surface area contributed by atoms with Crippen molar-refractivity contribution < 1.29 is 65.5 Å². The number of hydrogen-bond donors (Lipinski definition) is 6. The number of amides is 1. The predicted octanol–water partition coefficient (Wildman–Crippen LogP) is -1.04. The third kappa shape index (κ3) is 7.51. The first-order chi connectivity index (χ1) is 26.8. The van der Waals surface area contributed by atoms with Crippen molar-refractivity contribution in [3.63, 3.8) is 0 Å². The number of fused-ring (bicyclic) bond motifs is 4. The summed E-state index contributed by atoms with van der Waals surface area (Å²) in [5.41, 5.74) is 5.50.